The minimum atomic E-state index is -0.372. The average molecular weight is 458 g/mol. The maximum Gasteiger partial charge on any atom is 0.270 e. The lowest BCUT2D eigenvalue weighted by Gasteiger charge is -2.09. The number of benzene rings is 2. The second-order valence-electron chi connectivity index (χ2n) is 6.95. The fraction of sp³-hybridized carbons (Fsp3) is 0.130. The number of amides is 1. The predicted octanol–water partition coefficient (Wildman–Crippen LogP) is 5.86. The van der Waals surface area contributed by atoms with E-state index in [0.29, 0.717) is 45.8 Å². The summed E-state index contributed by atoms with van der Waals surface area (Å²) in [5.74, 6) is 0.581. The van der Waals surface area contributed by atoms with Gasteiger partial charge in [-0.25, -0.2) is 9.07 Å². The fourth-order valence-corrected chi connectivity index (χ4v) is 3.64. The highest BCUT2D eigenvalue weighted by atomic mass is 35.5. The van der Waals surface area contributed by atoms with Crippen molar-refractivity contribution in [2.75, 3.05) is 6.54 Å². The summed E-state index contributed by atoms with van der Waals surface area (Å²) < 4.78 is 20.5. The molecule has 0 unspecified atom stereocenters. The molecule has 0 spiro atoms. The van der Waals surface area contributed by atoms with Gasteiger partial charge in [0, 0.05) is 22.7 Å². The molecule has 0 saturated heterocycles. The number of hydrogen-bond donors (Lipinski definition) is 1. The van der Waals surface area contributed by atoms with Gasteiger partial charge in [0.15, 0.2) is 5.76 Å². The Morgan fingerprint density at radius 2 is 1.87 bits per heavy atom. The molecule has 4 rings (SSSR count). The standard InChI is InChI=1S/C23H18Cl2FN3O2/c1-14-2-9-22(31-14)20-13-21(29(28-20)18-7-5-17(26)6-8-18)23(30)27-11-10-15-3-4-16(24)12-19(15)25/h2-9,12-13H,10-11H2,1H3,(H,27,30). The Labute approximate surface area is 188 Å². The van der Waals surface area contributed by atoms with Crippen LogP contribution in [0.1, 0.15) is 21.8 Å². The van der Waals surface area contributed by atoms with Crippen LogP contribution in [0.3, 0.4) is 0 Å². The third-order valence-electron chi connectivity index (χ3n) is 4.70. The molecule has 2 heterocycles. The predicted molar refractivity (Wildman–Crippen MR) is 118 cm³/mol. The van der Waals surface area contributed by atoms with Crippen molar-refractivity contribution in [2.45, 2.75) is 13.3 Å². The Balaban J connectivity index is 1.58. The topological polar surface area (TPSA) is 60.1 Å². The zero-order valence-electron chi connectivity index (χ0n) is 16.5. The van der Waals surface area contributed by atoms with Crippen LogP contribution in [0.15, 0.2) is 65.1 Å². The van der Waals surface area contributed by atoms with E-state index < -0.39 is 0 Å². The normalized spacial score (nSPS) is 11.0. The number of nitrogens with one attached hydrogen (secondary N) is 1. The maximum atomic E-state index is 13.4. The van der Waals surface area contributed by atoms with E-state index in [1.54, 1.807) is 36.4 Å². The Hall–Kier alpha value is -3.09. The number of aromatic nitrogens is 2. The molecule has 2 aromatic carbocycles. The molecule has 1 amide bonds. The van der Waals surface area contributed by atoms with Gasteiger partial charge in [-0.15, -0.1) is 0 Å². The largest absolute Gasteiger partial charge is 0.460 e. The van der Waals surface area contributed by atoms with Gasteiger partial charge in [-0.1, -0.05) is 29.3 Å². The number of carbonyl (C=O) groups excluding carboxylic acids is 1. The number of aryl methyl sites for hydroxylation is 1. The van der Waals surface area contributed by atoms with Gasteiger partial charge in [-0.3, -0.25) is 4.79 Å². The van der Waals surface area contributed by atoms with E-state index >= 15 is 0 Å². The van der Waals surface area contributed by atoms with Gasteiger partial charge in [0.2, 0.25) is 0 Å². The lowest BCUT2D eigenvalue weighted by molar-refractivity contribution is 0.0946. The van der Waals surface area contributed by atoms with Gasteiger partial charge in [0.25, 0.3) is 5.91 Å². The highest BCUT2D eigenvalue weighted by Crippen LogP contribution is 2.24. The average Bonchev–Trinajstić information content (AvgIpc) is 3.37. The zero-order valence-corrected chi connectivity index (χ0v) is 18.0. The molecule has 0 aliphatic heterocycles. The number of rotatable bonds is 6. The molecule has 0 aliphatic carbocycles. The smallest absolute Gasteiger partial charge is 0.270 e. The quantitative estimate of drug-likeness (QED) is 0.394. The van der Waals surface area contributed by atoms with Crippen LogP contribution in [-0.2, 0) is 6.42 Å². The van der Waals surface area contributed by atoms with Gasteiger partial charge < -0.3 is 9.73 Å². The SMILES string of the molecule is Cc1ccc(-c2cc(C(=O)NCCc3ccc(Cl)cc3Cl)n(-c3ccc(F)cc3)n2)o1. The van der Waals surface area contributed by atoms with E-state index in [9.17, 15) is 9.18 Å². The summed E-state index contributed by atoms with van der Waals surface area (Å²) in [6.45, 7) is 2.19. The molecule has 1 N–H and O–H groups in total. The van der Waals surface area contributed by atoms with Crippen molar-refractivity contribution in [3.8, 4) is 17.1 Å². The summed E-state index contributed by atoms with van der Waals surface area (Å²) in [6, 6.07) is 16.3. The van der Waals surface area contributed by atoms with Crippen LogP contribution in [-0.4, -0.2) is 22.2 Å². The second kappa shape index (κ2) is 8.96. The Morgan fingerprint density at radius 3 is 2.55 bits per heavy atom. The van der Waals surface area contributed by atoms with E-state index in [0.717, 1.165) is 11.3 Å². The zero-order chi connectivity index (χ0) is 22.0. The molecule has 8 heteroatoms. The van der Waals surface area contributed by atoms with Gasteiger partial charge in [-0.2, -0.15) is 5.10 Å². The van der Waals surface area contributed by atoms with Crippen LogP contribution in [0.2, 0.25) is 10.0 Å². The van der Waals surface area contributed by atoms with Gasteiger partial charge >= 0.3 is 0 Å². The van der Waals surface area contributed by atoms with Crippen LogP contribution < -0.4 is 5.32 Å². The molecular weight excluding hydrogens is 440 g/mol. The van der Waals surface area contributed by atoms with E-state index in [1.807, 2.05) is 19.1 Å². The van der Waals surface area contributed by atoms with Crippen molar-refractivity contribution in [3.63, 3.8) is 0 Å². The highest BCUT2D eigenvalue weighted by molar-refractivity contribution is 6.35. The fourth-order valence-electron chi connectivity index (χ4n) is 3.14. The Bertz CT molecular complexity index is 1230. The van der Waals surface area contributed by atoms with Gasteiger partial charge in [-0.05, 0) is 67.4 Å². The number of furan rings is 1. The number of carbonyl (C=O) groups is 1. The lowest BCUT2D eigenvalue weighted by atomic mass is 10.1. The van der Waals surface area contributed by atoms with Crippen LogP contribution in [0.5, 0.6) is 0 Å². The monoisotopic (exact) mass is 457 g/mol. The minimum absolute atomic E-state index is 0.304. The molecule has 0 radical (unpaired) electrons. The molecule has 0 bridgehead atoms. The molecule has 0 fully saturated rings. The van der Waals surface area contributed by atoms with Gasteiger partial charge in [0.1, 0.15) is 23.0 Å². The Morgan fingerprint density at radius 1 is 1.10 bits per heavy atom. The van der Waals surface area contributed by atoms with Crippen LogP contribution >= 0.6 is 23.2 Å². The molecule has 31 heavy (non-hydrogen) atoms. The van der Waals surface area contributed by atoms with Crippen molar-refractivity contribution < 1.29 is 13.6 Å². The van der Waals surface area contributed by atoms with Gasteiger partial charge in [0.05, 0.1) is 5.69 Å². The maximum absolute atomic E-state index is 13.4. The second-order valence-corrected chi connectivity index (χ2v) is 7.80. The lowest BCUT2D eigenvalue weighted by Crippen LogP contribution is -2.27. The van der Waals surface area contributed by atoms with Crippen molar-refractivity contribution in [2.24, 2.45) is 0 Å². The molecule has 4 aromatic rings. The van der Waals surface area contributed by atoms with Crippen LogP contribution in [0, 0.1) is 12.7 Å². The summed E-state index contributed by atoms with van der Waals surface area (Å²) in [4.78, 5) is 13.0. The summed E-state index contributed by atoms with van der Waals surface area (Å²) in [7, 11) is 0. The van der Waals surface area contributed by atoms with E-state index in [-0.39, 0.29) is 11.7 Å². The summed E-state index contributed by atoms with van der Waals surface area (Å²) in [6.07, 6.45) is 0.538. The highest BCUT2D eigenvalue weighted by Gasteiger charge is 2.19. The van der Waals surface area contributed by atoms with E-state index in [4.69, 9.17) is 27.6 Å². The first-order chi connectivity index (χ1) is 14.9. The molecule has 0 saturated carbocycles. The molecule has 0 atom stereocenters. The van der Waals surface area contributed by atoms with Crippen molar-refractivity contribution >= 4 is 29.1 Å². The number of nitrogens with zero attached hydrogens (tertiary/aromatic N) is 2. The van der Waals surface area contributed by atoms with E-state index in [2.05, 4.69) is 10.4 Å². The first kappa shape index (κ1) is 21.2. The summed E-state index contributed by atoms with van der Waals surface area (Å²) in [5, 5.41) is 8.50. The third kappa shape index (κ3) is 4.81. The van der Waals surface area contributed by atoms with Crippen molar-refractivity contribution in [3.05, 3.63) is 93.5 Å². The van der Waals surface area contributed by atoms with Crippen molar-refractivity contribution in [1.29, 1.82) is 0 Å². The van der Waals surface area contributed by atoms with Crippen LogP contribution in [0.25, 0.3) is 17.1 Å². The Kier molecular flexibility index (Phi) is 6.11. The minimum Gasteiger partial charge on any atom is -0.460 e. The first-order valence-electron chi connectivity index (χ1n) is 9.55. The molecule has 158 valence electrons. The molecule has 5 nitrogen and oxygen atoms in total. The number of halogens is 3. The van der Waals surface area contributed by atoms with Crippen LogP contribution in [0.4, 0.5) is 4.39 Å². The third-order valence-corrected chi connectivity index (χ3v) is 5.29. The van der Waals surface area contributed by atoms with E-state index in [1.165, 1.54) is 16.8 Å². The first-order valence-corrected chi connectivity index (χ1v) is 10.3. The molecular formula is C23H18Cl2FN3O2. The summed E-state index contributed by atoms with van der Waals surface area (Å²) >= 11 is 12.1. The number of hydrogen-bond acceptors (Lipinski definition) is 3. The summed E-state index contributed by atoms with van der Waals surface area (Å²) in [5.41, 5.74) is 2.24. The molecule has 0 aliphatic rings. The van der Waals surface area contributed by atoms with Crippen molar-refractivity contribution in [1.82, 2.24) is 15.1 Å². The molecule has 2 aromatic heterocycles.